The molecule has 2 N–H and O–H groups in total. The van der Waals surface area contributed by atoms with Crippen LogP contribution < -0.4 is 15.6 Å². The highest BCUT2D eigenvalue weighted by Crippen LogP contribution is 2.16. The van der Waals surface area contributed by atoms with E-state index in [0.717, 1.165) is 22.6 Å². The van der Waals surface area contributed by atoms with E-state index in [2.05, 4.69) is 20.5 Å². The van der Waals surface area contributed by atoms with E-state index in [1.807, 2.05) is 62.4 Å². The van der Waals surface area contributed by atoms with Crippen LogP contribution in [0.15, 0.2) is 53.3 Å². The predicted octanol–water partition coefficient (Wildman–Crippen LogP) is 3.21. The van der Waals surface area contributed by atoms with Crippen molar-refractivity contribution in [2.24, 2.45) is 0 Å². The minimum atomic E-state index is -0.250. The highest BCUT2D eigenvalue weighted by Gasteiger charge is 2.07. The molecular weight excluding hydrogens is 316 g/mol. The van der Waals surface area contributed by atoms with Crippen LogP contribution in [0.5, 0.6) is 5.75 Å². The first-order valence-electron chi connectivity index (χ1n) is 8.16. The molecule has 0 saturated heterocycles. The molecule has 0 fully saturated rings. The lowest BCUT2D eigenvalue weighted by atomic mass is 10.1. The molecule has 0 spiro atoms. The van der Waals surface area contributed by atoms with Crippen LogP contribution in [0, 0.1) is 6.92 Å². The Bertz CT molecular complexity index is 904. The standard InChI is InChI=1S/C19H20N4O2/c1-3-25-15-10-8-14(9-11-15)12-17-18(24)21-19(23-22-17)20-16-7-5-4-6-13(16)2/h4-11H,3,12H2,1-2H3,(H2,20,21,23,24). The number of hydrogen-bond donors (Lipinski definition) is 2. The molecule has 0 aliphatic rings. The maximum absolute atomic E-state index is 12.3. The largest absolute Gasteiger partial charge is 0.494 e. The SMILES string of the molecule is CCOc1ccc(Cc2nnc(Nc3ccccc3C)[nH]c2=O)cc1. The zero-order valence-electron chi connectivity index (χ0n) is 14.2. The number of hydrogen-bond acceptors (Lipinski definition) is 5. The van der Waals surface area contributed by atoms with Gasteiger partial charge in [-0.15, -0.1) is 10.2 Å². The number of anilines is 2. The number of nitrogens with zero attached hydrogens (tertiary/aromatic N) is 2. The van der Waals surface area contributed by atoms with E-state index in [0.29, 0.717) is 24.7 Å². The van der Waals surface area contributed by atoms with E-state index in [-0.39, 0.29) is 5.56 Å². The zero-order chi connectivity index (χ0) is 17.6. The molecule has 0 aliphatic heterocycles. The van der Waals surface area contributed by atoms with Gasteiger partial charge in [0.1, 0.15) is 11.4 Å². The van der Waals surface area contributed by atoms with Crippen molar-refractivity contribution in [2.45, 2.75) is 20.3 Å². The molecule has 3 rings (SSSR count). The van der Waals surface area contributed by atoms with E-state index in [4.69, 9.17) is 4.74 Å². The molecule has 0 saturated carbocycles. The smallest absolute Gasteiger partial charge is 0.274 e. The second-order valence-electron chi connectivity index (χ2n) is 5.64. The molecule has 0 aliphatic carbocycles. The fraction of sp³-hybridized carbons (Fsp3) is 0.211. The third-order valence-electron chi connectivity index (χ3n) is 3.77. The number of aryl methyl sites for hydroxylation is 1. The normalized spacial score (nSPS) is 10.5. The highest BCUT2D eigenvalue weighted by atomic mass is 16.5. The van der Waals surface area contributed by atoms with Crippen molar-refractivity contribution in [2.75, 3.05) is 11.9 Å². The van der Waals surface area contributed by atoms with Crippen molar-refractivity contribution in [3.8, 4) is 5.75 Å². The third kappa shape index (κ3) is 4.23. The molecular formula is C19H20N4O2. The topological polar surface area (TPSA) is 79.9 Å². The van der Waals surface area contributed by atoms with Gasteiger partial charge in [-0.3, -0.25) is 9.78 Å². The van der Waals surface area contributed by atoms with E-state index >= 15 is 0 Å². The number of aromatic nitrogens is 3. The number of benzene rings is 2. The molecule has 6 heteroatoms. The summed E-state index contributed by atoms with van der Waals surface area (Å²) in [4.78, 5) is 15.0. The lowest BCUT2D eigenvalue weighted by Gasteiger charge is -2.08. The van der Waals surface area contributed by atoms with Crippen LogP contribution >= 0.6 is 0 Å². The number of rotatable bonds is 6. The van der Waals surface area contributed by atoms with Gasteiger partial charge in [0, 0.05) is 12.1 Å². The molecule has 25 heavy (non-hydrogen) atoms. The Labute approximate surface area is 145 Å². The minimum Gasteiger partial charge on any atom is -0.494 e. The van der Waals surface area contributed by atoms with Crippen LogP contribution in [0.2, 0.25) is 0 Å². The third-order valence-corrected chi connectivity index (χ3v) is 3.77. The van der Waals surface area contributed by atoms with Gasteiger partial charge in [0.15, 0.2) is 0 Å². The van der Waals surface area contributed by atoms with Gasteiger partial charge in [-0.2, -0.15) is 0 Å². The van der Waals surface area contributed by atoms with Crippen LogP contribution in [0.3, 0.4) is 0 Å². The van der Waals surface area contributed by atoms with Gasteiger partial charge in [0.25, 0.3) is 5.56 Å². The van der Waals surface area contributed by atoms with Crippen molar-refractivity contribution in [3.05, 3.63) is 75.7 Å². The van der Waals surface area contributed by atoms with E-state index in [1.54, 1.807) is 0 Å². The van der Waals surface area contributed by atoms with Crippen LogP contribution in [-0.2, 0) is 6.42 Å². The Hall–Kier alpha value is -3.15. The fourth-order valence-corrected chi connectivity index (χ4v) is 2.44. The molecule has 1 aromatic heterocycles. The van der Waals surface area contributed by atoms with Gasteiger partial charge >= 0.3 is 0 Å². The van der Waals surface area contributed by atoms with E-state index < -0.39 is 0 Å². The maximum Gasteiger partial charge on any atom is 0.274 e. The number of para-hydroxylation sites is 1. The highest BCUT2D eigenvalue weighted by molar-refractivity contribution is 5.57. The van der Waals surface area contributed by atoms with Crippen molar-refractivity contribution >= 4 is 11.6 Å². The van der Waals surface area contributed by atoms with Gasteiger partial charge < -0.3 is 10.1 Å². The van der Waals surface area contributed by atoms with E-state index in [1.165, 1.54) is 0 Å². The Kier molecular flexibility index (Phi) is 5.09. The second kappa shape index (κ2) is 7.61. The molecule has 0 bridgehead atoms. The van der Waals surface area contributed by atoms with E-state index in [9.17, 15) is 4.79 Å². The summed E-state index contributed by atoms with van der Waals surface area (Å²) in [6.07, 6.45) is 0.416. The Morgan fingerprint density at radius 2 is 1.84 bits per heavy atom. The molecule has 0 atom stereocenters. The summed E-state index contributed by atoms with van der Waals surface area (Å²) < 4.78 is 5.41. The van der Waals surface area contributed by atoms with Crippen molar-refractivity contribution in [1.82, 2.24) is 15.2 Å². The minimum absolute atomic E-state index is 0.250. The number of ether oxygens (including phenoxy) is 1. The van der Waals surface area contributed by atoms with Crippen molar-refractivity contribution in [1.29, 1.82) is 0 Å². The summed E-state index contributed by atoms with van der Waals surface area (Å²) >= 11 is 0. The number of H-pyrrole nitrogens is 1. The van der Waals surface area contributed by atoms with Crippen LogP contribution in [-0.4, -0.2) is 21.8 Å². The Morgan fingerprint density at radius 3 is 2.52 bits per heavy atom. The van der Waals surface area contributed by atoms with Gasteiger partial charge in [-0.05, 0) is 43.2 Å². The van der Waals surface area contributed by atoms with Gasteiger partial charge in [0.05, 0.1) is 6.61 Å². The number of aromatic amines is 1. The average Bonchev–Trinajstić information content (AvgIpc) is 2.61. The lowest BCUT2D eigenvalue weighted by Crippen LogP contribution is -2.19. The maximum atomic E-state index is 12.3. The summed E-state index contributed by atoms with van der Waals surface area (Å²) in [6, 6.07) is 15.4. The summed E-state index contributed by atoms with van der Waals surface area (Å²) in [7, 11) is 0. The van der Waals surface area contributed by atoms with Gasteiger partial charge in [-0.25, -0.2) is 0 Å². The molecule has 1 heterocycles. The number of nitrogens with one attached hydrogen (secondary N) is 2. The quantitative estimate of drug-likeness (QED) is 0.722. The first-order valence-corrected chi connectivity index (χ1v) is 8.16. The molecule has 0 amide bonds. The Balaban J connectivity index is 1.73. The zero-order valence-corrected chi connectivity index (χ0v) is 14.2. The van der Waals surface area contributed by atoms with Crippen molar-refractivity contribution < 1.29 is 4.74 Å². The van der Waals surface area contributed by atoms with Crippen LogP contribution in [0.4, 0.5) is 11.6 Å². The lowest BCUT2D eigenvalue weighted by molar-refractivity contribution is 0.340. The average molecular weight is 336 g/mol. The molecule has 3 aromatic rings. The fourth-order valence-electron chi connectivity index (χ4n) is 2.44. The van der Waals surface area contributed by atoms with Crippen molar-refractivity contribution in [3.63, 3.8) is 0 Å². The summed E-state index contributed by atoms with van der Waals surface area (Å²) in [5.74, 6) is 1.14. The molecule has 0 radical (unpaired) electrons. The first kappa shape index (κ1) is 16.7. The summed E-state index contributed by atoms with van der Waals surface area (Å²) in [6.45, 7) is 4.55. The first-order chi connectivity index (χ1) is 12.2. The van der Waals surface area contributed by atoms with Gasteiger partial charge in [-0.1, -0.05) is 30.3 Å². The van der Waals surface area contributed by atoms with Crippen LogP contribution in [0.1, 0.15) is 23.7 Å². The monoisotopic (exact) mass is 336 g/mol. The molecule has 128 valence electrons. The second-order valence-corrected chi connectivity index (χ2v) is 5.64. The molecule has 6 nitrogen and oxygen atoms in total. The van der Waals surface area contributed by atoms with Crippen LogP contribution in [0.25, 0.3) is 0 Å². The summed E-state index contributed by atoms with van der Waals surface area (Å²) in [5.41, 5.74) is 3.04. The predicted molar refractivity (Wildman–Crippen MR) is 97.5 cm³/mol. The summed E-state index contributed by atoms with van der Waals surface area (Å²) in [5, 5.41) is 11.2. The molecule has 0 unspecified atom stereocenters. The van der Waals surface area contributed by atoms with Gasteiger partial charge in [0.2, 0.25) is 5.95 Å². The molecule has 2 aromatic carbocycles. The Morgan fingerprint density at radius 1 is 1.08 bits per heavy atom.